The van der Waals surface area contributed by atoms with Gasteiger partial charge in [0.25, 0.3) is 0 Å². The smallest absolute Gasteiger partial charge is 0.351 e. The molecule has 0 saturated heterocycles. The Morgan fingerprint density at radius 3 is 2.67 bits per heavy atom. The predicted octanol–water partition coefficient (Wildman–Crippen LogP) is 3.64. The number of fused-ring (bicyclic) bond motifs is 1. The Hall–Kier alpha value is -1.49. The third-order valence-electron chi connectivity index (χ3n) is 3.13. The fraction of sp³-hybridized carbons (Fsp3) is 0.385. The molecule has 0 saturated carbocycles. The molecule has 0 aliphatic rings. The third kappa shape index (κ3) is 2.36. The van der Waals surface area contributed by atoms with E-state index in [1.807, 2.05) is 13.0 Å². The maximum Gasteiger partial charge on any atom is 0.431 e. The topological polar surface area (TPSA) is 41.8 Å². The van der Waals surface area contributed by atoms with Crippen LogP contribution in [0.1, 0.15) is 30.5 Å². The minimum atomic E-state index is -4.34. The number of hydrogen-bond donors (Lipinski definition) is 2. The Bertz CT molecular complexity index is 543. The minimum Gasteiger partial charge on any atom is -0.351 e. The van der Waals surface area contributed by atoms with Gasteiger partial charge in [-0.25, -0.2) is 0 Å². The standard InChI is InChI=1S/C13H15F3N2/c1-8(5-6-17)9-3-2-4-11-10(9)7-12(18-11)13(14,15)16/h2-4,7-8,18H,5-6,17H2,1H3. The van der Waals surface area contributed by atoms with E-state index in [0.717, 1.165) is 12.0 Å². The molecule has 1 atom stereocenters. The number of alkyl halides is 3. The number of aromatic nitrogens is 1. The molecule has 0 bridgehead atoms. The summed E-state index contributed by atoms with van der Waals surface area (Å²) in [4.78, 5) is 2.42. The minimum absolute atomic E-state index is 0.149. The summed E-state index contributed by atoms with van der Waals surface area (Å²) in [6.07, 6.45) is -3.58. The van der Waals surface area contributed by atoms with Gasteiger partial charge < -0.3 is 10.7 Å². The highest BCUT2D eigenvalue weighted by atomic mass is 19.4. The van der Waals surface area contributed by atoms with E-state index in [-0.39, 0.29) is 5.92 Å². The number of benzene rings is 1. The zero-order valence-electron chi connectivity index (χ0n) is 10.0. The van der Waals surface area contributed by atoms with Gasteiger partial charge in [-0.05, 0) is 36.6 Å². The Morgan fingerprint density at radius 1 is 1.33 bits per heavy atom. The Balaban J connectivity index is 2.52. The SMILES string of the molecule is CC(CCN)c1cccc2[nH]c(C(F)(F)F)cc12. The highest BCUT2D eigenvalue weighted by Gasteiger charge is 2.32. The van der Waals surface area contributed by atoms with Gasteiger partial charge in [0.15, 0.2) is 0 Å². The van der Waals surface area contributed by atoms with Crippen molar-refractivity contribution in [1.82, 2.24) is 4.98 Å². The number of halogens is 3. The van der Waals surface area contributed by atoms with E-state index in [1.165, 1.54) is 6.07 Å². The number of nitrogens with two attached hydrogens (primary N) is 1. The Labute approximate surface area is 103 Å². The van der Waals surface area contributed by atoms with Gasteiger partial charge >= 0.3 is 6.18 Å². The first-order valence-electron chi connectivity index (χ1n) is 5.82. The molecule has 0 fully saturated rings. The lowest BCUT2D eigenvalue weighted by atomic mass is 9.95. The average molecular weight is 256 g/mol. The molecule has 2 aromatic rings. The zero-order valence-corrected chi connectivity index (χ0v) is 10.0. The van der Waals surface area contributed by atoms with Gasteiger partial charge in [0.2, 0.25) is 0 Å². The molecule has 1 unspecified atom stereocenters. The summed E-state index contributed by atoms with van der Waals surface area (Å²) in [5.74, 6) is 0.149. The van der Waals surface area contributed by atoms with Crippen molar-refractivity contribution in [3.05, 3.63) is 35.5 Å². The third-order valence-corrected chi connectivity index (χ3v) is 3.13. The van der Waals surface area contributed by atoms with Gasteiger partial charge in [-0.3, -0.25) is 0 Å². The van der Waals surface area contributed by atoms with Crippen LogP contribution in [0.15, 0.2) is 24.3 Å². The van der Waals surface area contributed by atoms with Crippen LogP contribution in [0.5, 0.6) is 0 Å². The van der Waals surface area contributed by atoms with Gasteiger partial charge in [0.1, 0.15) is 5.69 Å². The second kappa shape index (κ2) is 4.65. The van der Waals surface area contributed by atoms with Crippen molar-refractivity contribution in [3.63, 3.8) is 0 Å². The highest BCUT2D eigenvalue weighted by molar-refractivity contribution is 5.84. The summed E-state index contributed by atoms with van der Waals surface area (Å²) >= 11 is 0. The summed E-state index contributed by atoms with van der Waals surface area (Å²) in [5, 5.41) is 0.630. The van der Waals surface area contributed by atoms with E-state index in [9.17, 15) is 13.2 Å². The summed E-state index contributed by atoms with van der Waals surface area (Å²) < 4.78 is 38.0. The number of rotatable bonds is 3. The highest BCUT2D eigenvalue weighted by Crippen LogP contribution is 2.34. The number of nitrogens with one attached hydrogen (secondary N) is 1. The van der Waals surface area contributed by atoms with Crippen molar-refractivity contribution >= 4 is 10.9 Å². The van der Waals surface area contributed by atoms with Crippen LogP contribution in [0, 0.1) is 0 Å². The molecule has 18 heavy (non-hydrogen) atoms. The lowest BCUT2D eigenvalue weighted by Crippen LogP contribution is -2.05. The summed E-state index contributed by atoms with van der Waals surface area (Å²) in [7, 11) is 0. The Morgan fingerprint density at radius 2 is 2.06 bits per heavy atom. The van der Waals surface area contributed by atoms with E-state index in [1.54, 1.807) is 12.1 Å². The quantitative estimate of drug-likeness (QED) is 0.865. The first kappa shape index (κ1) is 13.0. The molecule has 1 aromatic heterocycles. The summed E-state index contributed by atoms with van der Waals surface area (Å²) in [5.41, 5.74) is 6.22. The number of aromatic amines is 1. The van der Waals surface area contributed by atoms with E-state index >= 15 is 0 Å². The fourth-order valence-electron chi connectivity index (χ4n) is 2.17. The van der Waals surface area contributed by atoms with Crippen LogP contribution >= 0.6 is 0 Å². The molecule has 98 valence electrons. The van der Waals surface area contributed by atoms with Crippen molar-refractivity contribution in [2.75, 3.05) is 6.54 Å². The van der Waals surface area contributed by atoms with Crippen molar-refractivity contribution < 1.29 is 13.2 Å². The molecule has 0 radical (unpaired) electrons. The second-order valence-corrected chi connectivity index (χ2v) is 4.47. The second-order valence-electron chi connectivity index (χ2n) is 4.47. The van der Waals surface area contributed by atoms with Crippen LogP contribution in [0.2, 0.25) is 0 Å². The normalized spacial score (nSPS) is 14.1. The van der Waals surface area contributed by atoms with Gasteiger partial charge in [-0.1, -0.05) is 19.1 Å². The number of hydrogen-bond acceptors (Lipinski definition) is 1. The molecule has 0 aliphatic carbocycles. The first-order chi connectivity index (χ1) is 8.43. The maximum absolute atomic E-state index is 12.7. The predicted molar refractivity (Wildman–Crippen MR) is 65.4 cm³/mol. The van der Waals surface area contributed by atoms with E-state index < -0.39 is 11.9 Å². The van der Waals surface area contributed by atoms with Gasteiger partial charge in [0, 0.05) is 10.9 Å². The van der Waals surface area contributed by atoms with Crippen LogP contribution in [-0.4, -0.2) is 11.5 Å². The molecule has 5 heteroatoms. The zero-order chi connectivity index (χ0) is 13.3. The molecule has 0 amide bonds. The molecule has 2 nitrogen and oxygen atoms in total. The molecule has 1 heterocycles. The van der Waals surface area contributed by atoms with Crippen molar-refractivity contribution in [2.24, 2.45) is 5.73 Å². The first-order valence-corrected chi connectivity index (χ1v) is 5.82. The van der Waals surface area contributed by atoms with Gasteiger partial charge in [0.05, 0.1) is 0 Å². The number of H-pyrrole nitrogens is 1. The lowest BCUT2D eigenvalue weighted by Gasteiger charge is -2.11. The molecule has 2 rings (SSSR count). The largest absolute Gasteiger partial charge is 0.431 e. The van der Waals surface area contributed by atoms with Crippen molar-refractivity contribution in [3.8, 4) is 0 Å². The fourth-order valence-corrected chi connectivity index (χ4v) is 2.17. The Kier molecular flexibility index (Phi) is 3.34. The molecule has 0 aliphatic heterocycles. The average Bonchev–Trinajstić information content (AvgIpc) is 2.72. The molecule has 1 aromatic carbocycles. The summed E-state index contributed by atoms with van der Waals surface area (Å²) in [6, 6.07) is 6.46. The van der Waals surface area contributed by atoms with E-state index in [0.29, 0.717) is 17.4 Å². The van der Waals surface area contributed by atoms with Crippen LogP contribution in [0.3, 0.4) is 0 Å². The van der Waals surface area contributed by atoms with Crippen molar-refractivity contribution in [2.45, 2.75) is 25.4 Å². The maximum atomic E-state index is 12.7. The van der Waals surface area contributed by atoms with Crippen LogP contribution in [0.25, 0.3) is 10.9 Å². The molecule has 3 N–H and O–H groups in total. The van der Waals surface area contributed by atoms with Crippen LogP contribution in [0.4, 0.5) is 13.2 Å². The van der Waals surface area contributed by atoms with E-state index in [2.05, 4.69) is 4.98 Å². The molecular weight excluding hydrogens is 241 g/mol. The lowest BCUT2D eigenvalue weighted by molar-refractivity contribution is -0.140. The van der Waals surface area contributed by atoms with E-state index in [4.69, 9.17) is 5.73 Å². The van der Waals surface area contributed by atoms with Gasteiger partial charge in [-0.15, -0.1) is 0 Å². The van der Waals surface area contributed by atoms with Crippen LogP contribution in [-0.2, 0) is 6.18 Å². The van der Waals surface area contributed by atoms with Crippen LogP contribution < -0.4 is 5.73 Å². The summed E-state index contributed by atoms with van der Waals surface area (Å²) in [6.45, 7) is 2.50. The van der Waals surface area contributed by atoms with Crippen molar-refractivity contribution in [1.29, 1.82) is 0 Å². The monoisotopic (exact) mass is 256 g/mol. The van der Waals surface area contributed by atoms with Gasteiger partial charge in [-0.2, -0.15) is 13.2 Å². The molecular formula is C13H15F3N2. The molecule has 0 spiro atoms.